The topological polar surface area (TPSA) is 76.1 Å². The molecule has 0 amide bonds. The summed E-state index contributed by atoms with van der Waals surface area (Å²) in [7, 11) is 0. The van der Waals surface area contributed by atoms with Crippen molar-refractivity contribution in [1.82, 2.24) is 19.1 Å². The van der Waals surface area contributed by atoms with Crippen LogP contribution in [0.3, 0.4) is 0 Å². The Morgan fingerprint density at radius 1 is 0.870 bits per heavy atom. The monoisotopic (exact) mass is 320 g/mol. The summed E-state index contributed by atoms with van der Waals surface area (Å²) < 4.78 is 4.16. The molecule has 2 N–H and O–H groups in total. The molecule has 23 heavy (non-hydrogen) atoms. The Labute approximate surface area is 137 Å². The molecule has 2 rings (SSSR count). The van der Waals surface area contributed by atoms with Crippen molar-refractivity contribution in [2.75, 3.05) is 13.2 Å². The van der Waals surface area contributed by atoms with Gasteiger partial charge in [0.05, 0.1) is 13.2 Å². The highest BCUT2D eigenvalue weighted by Gasteiger charge is 2.33. The quantitative estimate of drug-likeness (QED) is 0.780. The molecule has 0 unspecified atom stereocenters. The average molecular weight is 320 g/mol. The summed E-state index contributed by atoms with van der Waals surface area (Å²) in [6, 6.07) is 0.584. The lowest BCUT2D eigenvalue weighted by Gasteiger charge is -2.30. The van der Waals surface area contributed by atoms with Crippen LogP contribution in [0.2, 0.25) is 0 Å². The fraction of sp³-hybridized carbons (Fsp3) is 0.647. The second-order valence-corrected chi connectivity index (χ2v) is 6.86. The Hall–Kier alpha value is -1.66. The van der Waals surface area contributed by atoms with Crippen LogP contribution in [0.15, 0.2) is 24.8 Å². The fourth-order valence-electron chi connectivity index (χ4n) is 2.91. The summed E-state index contributed by atoms with van der Waals surface area (Å²) in [5, 5.41) is 20.0. The van der Waals surface area contributed by atoms with Crippen molar-refractivity contribution in [2.24, 2.45) is 5.41 Å². The Morgan fingerprint density at radius 3 is 1.57 bits per heavy atom. The van der Waals surface area contributed by atoms with Crippen molar-refractivity contribution in [3.63, 3.8) is 0 Å². The van der Waals surface area contributed by atoms with Gasteiger partial charge in [-0.2, -0.15) is 0 Å². The van der Waals surface area contributed by atoms with Crippen molar-refractivity contribution < 1.29 is 10.2 Å². The van der Waals surface area contributed by atoms with E-state index >= 15 is 0 Å². The van der Waals surface area contributed by atoms with E-state index in [1.165, 1.54) is 0 Å². The zero-order valence-corrected chi connectivity index (χ0v) is 14.5. The van der Waals surface area contributed by atoms with Crippen molar-refractivity contribution in [1.29, 1.82) is 0 Å². The molecule has 2 heterocycles. The second kappa shape index (κ2) is 7.27. The minimum atomic E-state index is -0.671. The molecule has 0 aromatic carbocycles. The van der Waals surface area contributed by atoms with Crippen LogP contribution in [0.5, 0.6) is 0 Å². The lowest BCUT2D eigenvalue weighted by Crippen LogP contribution is -2.37. The van der Waals surface area contributed by atoms with Crippen LogP contribution < -0.4 is 0 Å². The van der Waals surface area contributed by atoms with E-state index in [2.05, 4.69) is 46.8 Å². The number of imidazole rings is 2. The van der Waals surface area contributed by atoms with Gasteiger partial charge in [-0.3, -0.25) is 0 Å². The Bertz CT molecular complexity index is 561. The minimum Gasteiger partial charge on any atom is -0.396 e. The number of aliphatic hydroxyl groups is 2. The number of rotatable bonds is 8. The zero-order valence-electron chi connectivity index (χ0n) is 14.5. The first-order valence-corrected chi connectivity index (χ1v) is 8.17. The molecule has 0 bridgehead atoms. The molecule has 0 spiro atoms. The van der Waals surface area contributed by atoms with E-state index < -0.39 is 5.41 Å². The van der Waals surface area contributed by atoms with Crippen LogP contribution in [0.25, 0.3) is 0 Å². The van der Waals surface area contributed by atoms with Gasteiger partial charge in [0.15, 0.2) is 0 Å². The maximum atomic E-state index is 10.00. The van der Waals surface area contributed by atoms with Crippen LogP contribution in [0.1, 0.15) is 51.4 Å². The van der Waals surface area contributed by atoms with E-state index in [9.17, 15) is 10.2 Å². The summed E-state index contributed by atoms with van der Waals surface area (Å²) in [5.41, 5.74) is -0.671. The molecule has 2 aromatic heterocycles. The summed E-state index contributed by atoms with van der Waals surface area (Å²) in [6.07, 6.45) is 8.43. The van der Waals surface area contributed by atoms with Crippen molar-refractivity contribution in [3.05, 3.63) is 36.4 Å². The van der Waals surface area contributed by atoms with Crippen LogP contribution in [-0.4, -0.2) is 42.5 Å². The van der Waals surface area contributed by atoms with Gasteiger partial charge in [-0.15, -0.1) is 0 Å². The zero-order chi connectivity index (χ0) is 17.0. The molecule has 0 atom stereocenters. The van der Waals surface area contributed by atoms with Gasteiger partial charge in [-0.25, -0.2) is 9.97 Å². The largest absolute Gasteiger partial charge is 0.396 e. The van der Waals surface area contributed by atoms with Crippen molar-refractivity contribution >= 4 is 0 Å². The number of hydrogen-bond donors (Lipinski definition) is 2. The molecule has 0 fully saturated rings. The molecular weight excluding hydrogens is 292 g/mol. The smallest absolute Gasteiger partial charge is 0.109 e. The number of nitrogens with zero attached hydrogens (tertiary/aromatic N) is 4. The van der Waals surface area contributed by atoms with E-state index in [4.69, 9.17) is 0 Å². The fourth-order valence-corrected chi connectivity index (χ4v) is 2.91. The van der Waals surface area contributed by atoms with Crippen LogP contribution in [-0.2, 0) is 12.8 Å². The molecule has 0 aliphatic heterocycles. The van der Waals surface area contributed by atoms with Gasteiger partial charge < -0.3 is 19.3 Å². The highest BCUT2D eigenvalue weighted by molar-refractivity contribution is 5.05. The first-order chi connectivity index (χ1) is 10.9. The maximum absolute atomic E-state index is 10.00. The van der Waals surface area contributed by atoms with E-state index in [1.807, 2.05) is 12.4 Å². The number of aliphatic hydroxyl groups excluding tert-OH is 2. The third kappa shape index (κ3) is 3.82. The van der Waals surface area contributed by atoms with Gasteiger partial charge in [-0.1, -0.05) is 0 Å². The molecule has 0 radical (unpaired) electrons. The molecule has 6 heteroatoms. The molecule has 6 nitrogen and oxygen atoms in total. The van der Waals surface area contributed by atoms with Crippen LogP contribution in [0.4, 0.5) is 0 Å². The van der Waals surface area contributed by atoms with E-state index in [1.54, 1.807) is 12.4 Å². The normalized spacial score (nSPS) is 12.5. The lowest BCUT2D eigenvalue weighted by molar-refractivity contribution is 0.0497. The molecular formula is C17H28N4O2. The van der Waals surface area contributed by atoms with Gasteiger partial charge in [0.1, 0.15) is 11.6 Å². The van der Waals surface area contributed by atoms with E-state index in [0.29, 0.717) is 24.9 Å². The Balaban J connectivity index is 2.28. The van der Waals surface area contributed by atoms with Gasteiger partial charge in [0, 0.05) is 55.1 Å². The minimum absolute atomic E-state index is 0.112. The SMILES string of the molecule is CC(C)n1ccnc1CC(CO)(CO)Cc1nccn1C(C)C. The van der Waals surface area contributed by atoms with Crippen LogP contribution in [0, 0.1) is 5.41 Å². The Morgan fingerprint density at radius 2 is 1.26 bits per heavy atom. The summed E-state index contributed by atoms with van der Waals surface area (Å²) in [5.74, 6) is 1.76. The highest BCUT2D eigenvalue weighted by Crippen LogP contribution is 2.28. The second-order valence-electron chi connectivity index (χ2n) is 6.86. The predicted octanol–water partition coefficient (Wildman–Crippen LogP) is 2.00. The standard InChI is InChI=1S/C17H28N4O2/c1-13(2)20-7-5-18-15(20)9-17(11-22,12-23)10-16-19-6-8-21(16)14(3)4/h5-8,13-14,22-23H,9-12H2,1-4H3. The lowest BCUT2D eigenvalue weighted by atomic mass is 9.82. The van der Waals surface area contributed by atoms with Gasteiger partial charge in [0.25, 0.3) is 0 Å². The van der Waals surface area contributed by atoms with E-state index in [0.717, 1.165) is 11.6 Å². The third-order valence-electron chi connectivity index (χ3n) is 4.35. The summed E-state index contributed by atoms with van der Waals surface area (Å²) >= 11 is 0. The Kier molecular flexibility index (Phi) is 5.59. The molecule has 0 saturated heterocycles. The van der Waals surface area contributed by atoms with Crippen molar-refractivity contribution in [3.8, 4) is 0 Å². The molecule has 2 aromatic rings. The van der Waals surface area contributed by atoms with E-state index in [-0.39, 0.29) is 13.2 Å². The van der Waals surface area contributed by atoms with Gasteiger partial charge in [0.2, 0.25) is 0 Å². The molecule has 0 aliphatic rings. The summed E-state index contributed by atoms with van der Waals surface area (Å²) in [6.45, 7) is 8.15. The highest BCUT2D eigenvalue weighted by atomic mass is 16.3. The maximum Gasteiger partial charge on any atom is 0.109 e. The molecule has 0 aliphatic carbocycles. The number of hydrogen-bond acceptors (Lipinski definition) is 4. The predicted molar refractivity (Wildman–Crippen MR) is 89.2 cm³/mol. The van der Waals surface area contributed by atoms with Gasteiger partial charge >= 0.3 is 0 Å². The average Bonchev–Trinajstić information content (AvgIpc) is 3.15. The summed E-state index contributed by atoms with van der Waals surface area (Å²) in [4.78, 5) is 8.84. The molecule has 0 saturated carbocycles. The van der Waals surface area contributed by atoms with Gasteiger partial charge in [-0.05, 0) is 27.7 Å². The van der Waals surface area contributed by atoms with Crippen molar-refractivity contribution in [2.45, 2.75) is 52.6 Å². The van der Waals surface area contributed by atoms with Crippen LogP contribution >= 0.6 is 0 Å². The number of aromatic nitrogens is 4. The first-order valence-electron chi connectivity index (χ1n) is 8.17. The molecule has 128 valence electrons. The third-order valence-corrected chi connectivity index (χ3v) is 4.35. The first kappa shape index (κ1) is 17.7.